The molecular formula is C15H15ClN2O5. The van der Waals surface area contributed by atoms with Crippen LogP contribution in [0.4, 0.5) is 5.69 Å². The van der Waals surface area contributed by atoms with E-state index in [1.54, 1.807) is 13.0 Å². The molecule has 2 rings (SSSR count). The van der Waals surface area contributed by atoms with Crippen molar-refractivity contribution in [2.75, 3.05) is 0 Å². The third-order valence-electron chi connectivity index (χ3n) is 3.37. The highest BCUT2D eigenvalue weighted by atomic mass is 35.5. The average Bonchev–Trinajstić information content (AvgIpc) is 2.82. The highest BCUT2D eigenvalue weighted by Gasteiger charge is 2.15. The number of nitro groups is 1. The van der Waals surface area contributed by atoms with Crippen molar-refractivity contribution in [3.8, 4) is 0 Å². The molecule has 0 aliphatic heterocycles. The van der Waals surface area contributed by atoms with E-state index in [4.69, 9.17) is 20.9 Å². The van der Waals surface area contributed by atoms with E-state index in [2.05, 4.69) is 5.16 Å². The number of hydrogen-bond acceptors (Lipinski definition) is 6. The fourth-order valence-electron chi connectivity index (χ4n) is 2.11. The van der Waals surface area contributed by atoms with E-state index in [0.717, 1.165) is 11.3 Å². The third kappa shape index (κ3) is 4.29. The zero-order valence-electron chi connectivity index (χ0n) is 12.7. The fourth-order valence-corrected chi connectivity index (χ4v) is 2.30. The van der Waals surface area contributed by atoms with Gasteiger partial charge in [-0.15, -0.1) is 0 Å². The molecule has 0 spiro atoms. The molecule has 0 fully saturated rings. The minimum Gasteiger partial charge on any atom is -0.461 e. The summed E-state index contributed by atoms with van der Waals surface area (Å²) in [6.45, 7) is 3.55. The van der Waals surface area contributed by atoms with E-state index in [1.165, 1.54) is 12.1 Å². The Balaban J connectivity index is 1.90. The number of carbonyl (C=O) groups is 1. The van der Waals surface area contributed by atoms with Crippen molar-refractivity contribution < 1.29 is 19.0 Å². The lowest BCUT2D eigenvalue weighted by molar-refractivity contribution is -0.384. The second-order valence-corrected chi connectivity index (χ2v) is 5.41. The standard InChI is InChI=1S/C15H15ClN2O5/c1-9-12(10(2)23-17-9)4-6-15(19)22-8-11-3-5-13(16)14(7-11)18(20)21/h3,5,7H,4,6,8H2,1-2H3. The monoisotopic (exact) mass is 338 g/mol. The van der Waals surface area contributed by atoms with Crippen LogP contribution in [0.2, 0.25) is 5.02 Å². The largest absolute Gasteiger partial charge is 0.461 e. The van der Waals surface area contributed by atoms with E-state index >= 15 is 0 Å². The van der Waals surface area contributed by atoms with Gasteiger partial charge in [0.1, 0.15) is 17.4 Å². The van der Waals surface area contributed by atoms with Crippen molar-refractivity contribution in [2.24, 2.45) is 0 Å². The van der Waals surface area contributed by atoms with Gasteiger partial charge in [-0.05, 0) is 31.9 Å². The van der Waals surface area contributed by atoms with Gasteiger partial charge in [-0.2, -0.15) is 0 Å². The van der Waals surface area contributed by atoms with E-state index in [-0.39, 0.29) is 23.7 Å². The predicted octanol–water partition coefficient (Wildman–Crippen LogP) is 3.53. The van der Waals surface area contributed by atoms with Crippen LogP contribution in [0.5, 0.6) is 0 Å². The first kappa shape index (κ1) is 17.0. The molecule has 1 aromatic carbocycles. The molecule has 0 atom stereocenters. The number of nitro benzene ring substituents is 1. The summed E-state index contributed by atoms with van der Waals surface area (Å²) >= 11 is 5.73. The van der Waals surface area contributed by atoms with Gasteiger partial charge in [0, 0.05) is 18.1 Å². The van der Waals surface area contributed by atoms with E-state index < -0.39 is 10.9 Å². The van der Waals surface area contributed by atoms with Crippen molar-refractivity contribution >= 4 is 23.3 Å². The van der Waals surface area contributed by atoms with Crippen LogP contribution in [0.25, 0.3) is 0 Å². The molecule has 0 aliphatic rings. The minimum absolute atomic E-state index is 0.0432. The van der Waals surface area contributed by atoms with Crippen molar-refractivity contribution in [1.29, 1.82) is 0 Å². The van der Waals surface area contributed by atoms with E-state index in [0.29, 0.717) is 17.7 Å². The summed E-state index contributed by atoms with van der Waals surface area (Å²) in [6, 6.07) is 4.29. The van der Waals surface area contributed by atoms with Crippen LogP contribution < -0.4 is 0 Å². The van der Waals surface area contributed by atoms with Gasteiger partial charge in [-0.1, -0.05) is 22.8 Å². The van der Waals surface area contributed by atoms with Crippen LogP contribution in [0, 0.1) is 24.0 Å². The molecule has 0 aliphatic carbocycles. The summed E-state index contributed by atoms with van der Waals surface area (Å²) in [5.41, 5.74) is 1.94. The Morgan fingerprint density at radius 3 is 2.78 bits per heavy atom. The first-order chi connectivity index (χ1) is 10.9. The van der Waals surface area contributed by atoms with Gasteiger partial charge in [-0.25, -0.2) is 0 Å². The lowest BCUT2D eigenvalue weighted by Crippen LogP contribution is -2.06. The molecule has 0 radical (unpaired) electrons. The van der Waals surface area contributed by atoms with Gasteiger partial charge < -0.3 is 9.26 Å². The summed E-state index contributed by atoms with van der Waals surface area (Å²) in [4.78, 5) is 22.0. The second kappa shape index (κ2) is 7.23. The number of aromatic nitrogens is 1. The maximum atomic E-state index is 11.8. The van der Waals surface area contributed by atoms with Crippen LogP contribution in [0.3, 0.4) is 0 Å². The van der Waals surface area contributed by atoms with Gasteiger partial charge in [0.25, 0.3) is 5.69 Å². The molecule has 0 unspecified atom stereocenters. The topological polar surface area (TPSA) is 95.5 Å². The van der Waals surface area contributed by atoms with Crippen molar-refractivity contribution in [3.63, 3.8) is 0 Å². The zero-order valence-corrected chi connectivity index (χ0v) is 13.4. The lowest BCUT2D eigenvalue weighted by atomic mass is 10.1. The van der Waals surface area contributed by atoms with Crippen molar-refractivity contribution in [3.05, 3.63) is 55.9 Å². The number of rotatable bonds is 6. The smallest absolute Gasteiger partial charge is 0.306 e. The molecule has 7 nitrogen and oxygen atoms in total. The quantitative estimate of drug-likeness (QED) is 0.454. The summed E-state index contributed by atoms with van der Waals surface area (Å²) in [6.07, 6.45) is 0.652. The Labute approximate surface area is 137 Å². The predicted molar refractivity (Wildman–Crippen MR) is 82.2 cm³/mol. The Kier molecular flexibility index (Phi) is 5.33. The maximum Gasteiger partial charge on any atom is 0.306 e. The molecular weight excluding hydrogens is 324 g/mol. The van der Waals surface area contributed by atoms with Gasteiger partial charge >= 0.3 is 5.97 Å². The molecule has 1 heterocycles. The van der Waals surface area contributed by atoms with Gasteiger partial charge in [0.05, 0.1) is 10.6 Å². The SMILES string of the molecule is Cc1noc(C)c1CCC(=O)OCc1ccc(Cl)c([N+](=O)[O-])c1. The Bertz CT molecular complexity index is 722. The van der Waals surface area contributed by atoms with Crippen LogP contribution in [-0.4, -0.2) is 16.0 Å². The van der Waals surface area contributed by atoms with Crippen molar-refractivity contribution in [2.45, 2.75) is 33.3 Å². The van der Waals surface area contributed by atoms with E-state index in [9.17, 15) is 14.9 Å². The minimum atomic E-state index is -0.578. The molecule has 0 N–H and O–H groups in total. The molecule has 0 saturated heterocycles. The molecule has 23 heavy (non-hydrogen) atoms. The summed E-state index contributed by atoms with van der Waals surface area (Å²) < 4.78 is 10.2. The number of halogens is 1. The number of ether oxygens (including phenoxy) is 1. The molecule has 2 aromatic rings. The number of nitrogens with zero attached hydrogens (tertiary/aromatic N) is 2. The van der Waals surface area contributed by atoms with Crippen LogP contribution in [0.15, 0.2) is 22.7 Å². The molecule has 122 valence electrons. The van der Waals surface area contributed by atoms with Gasteiger partial charge in [0.2, 0.25) is 0 Å². The Hall–Kier alpha value is -2.41. The zero-order chi connectivity index (χ0) is 17.0. The van der Waals surface area contributed by atoms with E-state index in [1.807, 2.05) is 6.92 Å². The van der Waals surface area contributed by atoms with Crippen molar-refractivity contribution in [1.82, 2.24) is 5.16 Å². The molecule has 1 aromatic heterocycles. The first-order valence-corrected chi connectivity index (χ1v) is 7.26. The fraction of sp³-hybridized carbons (Fsp3) is 0.333. The van der Waals surface area contributed by atoms with Gasteiger partial charge in [0.15, 0.2) is 0 Å². The normalized spacial score (nSPS) is 10.6. The Morgan fingerprint density at radius 1 is 1.43 bits per heavy atom. The molecule has 8 heteroatoms. The molecule has 0 bridgehead atoms. The highest BCUT2D eigenvalue weighted by Crippen LogP contribution is 2.25. The first-order valence-electron chi connectivity index (χ1n) is 6.88. The van der Waals surface area contributed by atoms with Crippen LogP contribution in [-0.2, 0) is 22.6 Å². The maximum absolute atomic E-state index is 11.8. The van der Waals surface area contributed by atoms with Crippen LogP contribution >= 0.6 is 11.6 Å². The number of aryl methyl sites for hydroxylation is 2. The average molecular weight is 339 g/mol. The number of hydrogen-bond donors (Lipinski definition) is 0. The Morgan fingerprint density at radius 2 is 2.17 bits per heavy atom. The number of carbonyl (C=O) groups excluding carboxylic acids is 1. The lowest BCUT2D eigenvalue weighted by Gasteiger charge is -2.05. The molecule has 0 amide bonds. The number of esters is 1. The van der Waals surface area contributed by atoms with Crippen LogP contribution in [0.1, 0.15) is 29.0 Å². The summed E-state index contributed by atoms with van der Waals surface area (Å²) in [5, 5.41) is 14.7. The molecule has 0 saturated carbocycles. The summed E-state index contributed by atoms with van der Waals surface area (Å²) in [7, 11) is 0. The third-order valence-corrected chi connectivity index (χ3v) is 3.69. The second-order valence-electron chi connectivity index (χ2n) is 5.01. The highest BCUT2D eigenvalue weighted by molar-refractivity contribution is 6.32. The van der Waals surface area contributed by atoms with Gasteiger partial charge in [-0.3, -0.25) is 14.9 Å². The summed E-state index contributed by atoms with van der Waals surface area (Å²) in [5.74, 6) is 0.284. The number of benzene rings is 1.